The number of carbonyl (C=O) groups excluding carboxylic acids is 2. The van der Waals surface area contributed by atoms with E-state index in [1.165, 1.54) is 5.69 Å². The molecule has 2 aromatic heterocycles. The van der Waals surface area contributed by atoms with Crippen LogP contribution >= 0.6 is 11.6 Å². The van der Waals surface area contributed by atoms with Crippen molar-refractivity contribution in [2.24, 2.45) is 5.92 Å². The summed E-state index contributed by atoms with van der Waals surface area (Å²) < 4.78 is 1.55. The van der Waals surface area contributed by atoms with Crippen molar-refractivity contribution >= 4 is 34.9 Å². The Kier molecular flexibility index (Phi) is 7.99. The van der Waals surface area contributed by atoms with Crippen molar-refractivity contribution in [2.45, 2.75) is 19.3 Å². The maximum atomic E-state index is 13.0. The second-order valence-corrected chi connectivity index (χ2v) is 9.68. The summed E-state index contributed by atoms with van der Waals surface area (Å²) in [5.74, 6) is 0.287. The highest BCUT2D eigenvalue weighted by Gasteiger charge is 2.21. The second kappa shape index (κ2) is 11.9. The summed E-state index contributed by atoms with van der Waals surface area (Å²) in [7, 11) is 0. The maximum absolute atomic E-state index is 13.0. The first-order valence-corrected chi connectivity index (χ1v) is 13.1. The molecule has 1 saturated heterocycles. The summed E-state index contributed by atoms with van der Waals surface area (Å²) in [6, 6.07) is 21.8. The fourth-order valence-corrected chi connectivity index (χ4v) is 4.91. The number of nitrogens with zero attached hydrogens (tertiary/aromatic N) is 4. The van der Waals surface area contributed by atoms with E-state index in [2.05, 4.69) is 25.6 Å². The molecule has 2 N–H and O–H groups in total. The molecule has 2 aromatic carbocycles. The summed E-state index contributed by atoms with van der Waals surface area (Å²) in [6.45, 7) is 2.56. The van der Waals surface area contributed by atoms with Crippen LogP contribution in [-0.4, -0.2) is 46.2 Å². The van der Waals surface area contributed by atoms with Gasteiger partial charge in [-0.2, -0.15) is 5.10 Å². The summed E-state index contributed by atoms with van der Waals surface area (Å²) in [4.78, 5) is 32.4. The van der Waals surface area contributed by atoms with Crippen LogP contribution in [0.3, 0.4) is 0 Å². The van der Waals surface area contributed by atoms with Gasteiger partial charge in [0.05, 0.1) is 16.3 Å². The third-order valence-electron chi connectivity index (χ3n) is 6.78. The summed E-state index contributed by atoms with van der Waals surface area (Å²) in [6.07, 6.45) is 6.72. The van der Waals surface area contributed by atoms with E-state index >= 15 is 0 Å². The third-order valence-corrected chi connectivity index (χ3v) is 7.11. The van der Waals surface area contributed by atoms with Crippen LogP contribution in [0.1, 0.15) is 40.1 Å². The highest BCUT2D eigenvalue weighted by molar-refractivity contribution is 6.34. The van der Waals surface area contributed by atoms with E-state index in [1.807, 2.05) is 54.9 Å². The van der Waals surface area contributed by atoms with Crippen LogP contribution in [0.4, 0.5) is 11.5 Å². The van der Waals surface area contributed by atoms with E-state index < -0.39 is 0 Å². The Morgan fingerprint density at radius 1 is 0.895 bits per heavy atom. The molecule has 0 spiro atoms. The normalized spacial score (nSPS) is 13.8. The highest BCUT2D eigenvalue weighted by atomic mass is 35.5. The largest absolute Gasteiger partial charge is 0.371 e. The first-order chi connectivity index (χ1) is 18.6. The Balaban J connectivity index is 1.21. The van der Waals surface area contributed by atoms with Crippen molar-refractivity contribution in [2.75, 3.05) is 29.9 Å². The average Bonchev–Trinajstić information content (AvgIpc) is 3.38. The van der Waals surface area contributed by atoms with Crippen molar-refractivity contribution in [3.8, 4) is 5.69 Å². The molecule has 0 aliphatic carbocycles. The lowest BCUT2D eigenvalue weighted by molar-refractivity contribution is 0.0944. The lowest BCUT2D eigenvalue weighted by Gasteiger charge is -2.33. The summed E-state index contributed by atoms with van der Waals surface area (Å²) >= 11 is 6.21. The van der Waals surface area contributed by atoms with Crippen molar-refractivity contribution in [1.29, 1.82) is 0 Å². The molecule has 0 bridgehead atoms. The van der Waals surface area contributed by atoms with Crippen molar-refractivity contribution < 1.29 is 9.59 Å². The van der Waals surface area contributed by atoms with Crippen LogP contribution in [0, 0.1) is 5.92 Å². The standard InChI is InChI=1S/C29H29ClN6O2/c30-25-9-5-4-8-24(25)28(37)33-27-20-26(34-36(27)23-6-2-1-3-7-23)29(38)32-17-10-21-13-18-35(19-14-21)22-11-15-31-16-12-22/h1-9,11-12,15-16,20-21H,10,13-14,17-19H2,(H,32,38)(H,33,37). The number of nitrogens with one attached hydrogen (secondary N) is 2. The van der Waals surface area contributed by atoms with E-state index in [4.69, 9.17) is 11.6 Å². The smallest absolute Gasteiger partial charge is 0.271 e. The van der Waals surface area contributed by atoms with Crippen LogP contribution in [0.2, 0.25) is 5.02 Å². The predicted molar refractivity (Wildman–Crippen MR) is 149 cm³/mol. The van der Waals surface area contributed by atoms with Gasteiger partial charge in [-0.25, -0.2) is 4.68 Å². The van der Waals surface area contributed by atoms with Gasteiger partial charge < -0.3 is 15.5 Å². The van der Waals surface area contributed by atoms with E-state index in [9.17, 15) is 9.59 Å². The number of amides is 2. The van der Waals surface area contributed by atoms with Gasteiger partial charge in [-0.3, -0.25) is 14.6 Å². The minimum Gasteiger partial charge on any atom is -0.371 e. The SMILES string of the molecule is O=C(NCCC1CCN(c2ccncc2)CC1)c1cc(NC(=O)c2ccccc2Cl)n(-c2ccccc2)n1. The van der Waals surface area contributed by atoms with E-state index in [0.29, 0.717) is 28.9 Å². The molecule has 3 heterocycles. The number of benzene rings is 2. The van der Waals surface area contributed by atoms with Gasteiger partial charge in [0.15, 0.2) is 5.69 Å². The summed E-state index contributed by atoms with van der Waals surface area (Å²) in [5, 5.41) is 10.7. The van der Waals surface area contributed by atoms with Gasteiger partial charge in [0.25, 0.3) is 11.8 Å². The van der Waals surface area contributed by atoms with Crippen LogP contribution in [0.15, 0.2) is 85.2 Å². The molecular formula is C29H29ClN6O2. The van der Waals surface area contributed by atoms with Gasteiger partial charge >= 0.3 is 0 Å². The van der Waals surface area contributed by atoms with Gasteiger partial charge in [-0.15, -0.1) is 0 Å². The molecule has 9 heteroatoms. The van der Waals surface area contributed by atoms with Crippen LogP contribution in [0.25, 0.3) is 5.69 Å². The Hall–Kier alpha value is -4.17. The first-order valence-electron chi connectivity index (χ1n) is 12.7. The Labute approximate surface area is 226 Å². The van der Waals surface area contributed by atoms with Gasteiger partial charge in [-0.1, -0.05) is 41.9 Å². The number of hydrogen-bond acceptors (Lipinski definition) is 5. The highest BCUT2D eigenvalue weighted by Crippen LogP contribution is 2.25. The summed E-state index contributed by atoms with van der Waals surface area (Å²) in [5.41, 5.74) is 2.51. The third kappa shape index (κ3) is 6.03. The number of rotatable bonds is 8. The van der Waals surface area contributed by atoms with Gasteiger partial charge in [0.1, 0.15) is 5.82 Å². The second-order valence-electron chi connectivity index (χ2n) is 9.28. The molecule has 0 saturated carbocycles. The van der Waals surface area contributed by atoms with Crippen molar-refractivity contribution in [3.63, 3.8) is 0 Å². The van der Waals surface area contributed by atoms with Gasteiger partial charge in [0.2, 0.25) is 0 Å². The van der Waals surface area contributed by atoms with E-state index in [1.54, 1.807) is 35.0 Å². The fourth-order valence-electron chi connectivity index (χ4n) is 4.69. The number of para-hydroxylation sites is 1. The zero-order chi connectivity index (χ0) is 26.3. The molecule has 4 aromatic rings. The molecule has 2 amide bonds. The molecule has 1 aliphatic rings. The number of hydrogen-bond donors (Lipinski definition) is 2. The monoisotopic (exact) mass is 528 g/mol. The van der Waals surface area contributed by atoms with E-state index in [-0.39, 0.29) is 17.5 Å². The van der Waals surface area contributed by atoms with Gasteiger partial charge in [-0.05, 0) is 61.6 Å². The average molecular weight is 529 g/mol. The molecular weight excluding hydrogens is 500 g/mol. The molecule has 8 nitrogen and oxygen atoms in total. The topological polar surface area (TPSA) is 92.2 Å². The number of piperidine rings is 1. The molecule has 0 unspecified atom stereocenters. The molecule has 0 radical (unpaired) electrons. The molecule has 0 atom stereocenters. The molecule has 38 heavy (non-hydrogen) atoms. The lowest BCUT2D eigenvalue weighted by Crippen LogP contribution is -2.35. The van der Waals surface area contributed by atoms with Crippen molar-refractivity contribution in [1.82, 2.24) is 20.1 Å². The Morgan fingerprint density at radius 2 is 1.61 bits per heavy atom. The zero-order valence-corrected chi connectivity index (χ0v) is 21.6. The quantitative estimate of drug-likeness (QED) is 0.327. The van der Waals surface area contributed by atoms with Crippen LogP contribution in [-0.2, 0) is 0 Å². The molecule has 1 fully saturated rings. The number of pyridine rings is 1. The van der Waals surface area contributed by atoms with Gasteiger partial charge in [0, 0.05) is 43.8 Å². The molecule has 1 aliphatic heterocycles. The number of carbonyl (C=O) groups is 2. The lowest BCUT2D eigenvalue weighted by atomic mass is 9.93. The van der Waals surface area contributed by atoms with E-state index in [0.717, 1.165) is 38.0 Å². The fraction of sp³-hybridized carbons (Fsp3) is 0.241. The van der Waals surface area contributed by atoms with Crippen LogP contribution < -0.4 is 15.5 Å². The Bertz CT molecular complexity index is 1380. The number of halogens is 1. The van der Waals surface area contributed by atoms with Crippen LogP contribution in [0.5, 0.6) is 0 Å². The maximum Gasteiger partial charge on any atom is 0.271 e. The molecule has 194 valence electrons. The van der Waals surface area contributed by atoms with Crippen molar-refractivity contribution in [3.05, 3.63) is 101 Å². The first kappa shape index (κ1) is 25.5. The minimum atomic E-state index is -0.377. The number of aromatic nitrogens is 3. The zero-order valence-electron chi connectivity index (χ0n) is 20.9. The Morgan fingerprint density at radius 3 is 2.34 bits per heavy atom. The predicted octanol–water partition coefficient (Wildman–Crippen LogP) is 5.21. The molecule has 5 rings (SSSR count). The minimum absolute atomic E-state index is 0.232. The number of anilines is 2.